The van der Waals surface area contributed by atoms with Gasteiger partial charge < -0.3 is 28.9 Å². The van der Waals surface area contributed by atoms with Crippen molar-refractivity contribution in [1.82, 2.24) is 0 Å². The van der Waals surface area contributed by atoms with Gasteiger partial charge in [0.05, 0.1) is 18.3 Å². The summed E-state index contributed by atoms with van der Waals surface area (Å²) >= 11 is 0. The lowest BCUT2D eigenvalue weighted by Gasteiger charge is -2.45. The van der Waals surface area contributed by atoms with E-state index in [0.717, 1.165) is 116 Å². The third kappa shape index (κ3) is 7.15. The Kier molecular flexibility index (Phi) is 11.1. The molecule has 0 radical (unpaired) electrons. The van der Waals surface area contributed by atoms with E-state index in [1.165, 1.54) is 0 Å². The minimum absolute atomic E-state index is 0.643. The van der Waals surface area contributed by atoms with Crippen LogP contribution in [0.25, 0.3) is 0 Å². The van der Waals surface area contributed by atoms with E-state index in [-0.39, 0.29) is 0 Å². The zero-order valence-corrected chi connectivity index (χ0v) is 22.9. The monoisotopic (exact) mass is 502 g/mol. The second-order valence-corrected chi connectivity index (χ2v) is 12.5. The van der Waals surface area contributed by atoms with Gasteiger partial charge in [0, 0.05) is 0 Å². The lowest BCUT2D eigenvalue weighted by molar-refractivity contribution is -0.131. The molecule has 0 aromatic heterocycles. The van der Waals surface area contributed by atoms with Crippen molar-refractivity contribution in [2.75, 3.05) is 0 Å². The summed E-state index contributed by atoms with van der Waals surface area (Å²) in [5.74, 6) is 0. The summed E-state index contributed by atoms with van der Waals surface area (Å²) in [6.07, 6.45) is 15.7. The van der Waals surface area contributed by atoms with E-state index in [9.17, 15) is 15.3 Å². The molecule has 0 bridgehead atoms. The molecule has 0 aromatic rings. The van der Waals surface area contributed by atoms with Crippen LogP contribution in [0.4, 0.5) is 0 Å². The summed E-state index contributed by atoms with van der Waals surface area (Å²) in [5, 5.41) is 32.8. The van der Waals surface area contributed by atoms with Gasteiger partial charge in [0.15, 0.2) is 0 Å². The molecule has 0 saturated heterocycles. The lowest BCUT2D eigenvalue weighted by atomic mass is 9.89. The van der Waals surface area contributed by atoms with E-state index in [2.05, 4.69) is 0 Å². The predicted octanol–water partition coefficient (Wildman–Crippen LogP) is 6.68. The van der Waals surface area contributed by atoms with E-state index < -0.39 is 43.7 Å². The van der Waals surface area contributed by atoms with Crippen molar-refractivity contribution in [1.29, 1.82) is 0 Å². The van der Waals surface area contributed by atoms with Gasteiger partial charge in [-0.05, 0) is 59.3 Å². The molecule has 3 saturated carbocycles. The third-order valence-electron chi connectivity index (χ3n) is 8.90. The molecular weight excluding hydrogens is 451 g/mol. The molecule has 3 unspecified atom stereocenters. The smallest absolute Gasteiger partial charge is 0.334 e. The molecule has 0 aliphatic heterocycles. The SMILES string of the molecule is CC(O)C1(OP(OC2(C(C)O)CCCCCC2)OC2(C(C)O)CCCCCC2)CCCCCC1. The zero-order valence-electron chi connectivity index (χ0n) is 22.0. The molecule has 0 heterocycles. The molecule has 3 atom stereocenters. The van der Waals surface area contributed by atoms with Crippen LogP contribution in [0.5, 0.6) is 0 Å². The molecule has 3 rings (SSSR count). The van der Waals surface area contributed by atoms with Gasteiger partial charge in [-0.15, -0.1) is 0 Å². The summed E-state index contributed by atoms with van der Waals surface area (Å²) < 4.78 is 20.4. The van der Waals surface area contributed by atoms with Gasteiger partial charge in [-0.3, -0.25) is 0 Å². The molecule has 6 nitrogen and oxygen atoms in total. The van der Waals surface area contributed by atoms with E-state index in [0.29, 0.717) is 0 Å². The fourth-order valence-corrected chi connectivity index (χ4v) is 8.25. The van der Waals surface area contributed by atoms with Gasteiger partial charge in [0.1, 0.15) is 16.8 Å². The van der Waals surface area contributed by atoms with Crippen molar-refractivity contribution in [2.24, 2.45) is 0 Å². The largest absolute Gasteiger partial charge is 0.390 e. The maximum atomic E-state index is 10.9. The summed E-state index contributed by atoms with van der Waals surface area (Å²) in [6, 6.07) is 0. The topological polar surface area (TPSA) is 88.4 Å². The average molecular weight is 503 g/mol. The van der Waals surface area contributed by atoms with Crippen molar-refractivity contribution in [3.63, 3.8) is 0 Å². The number of hydrogen-bond donors (Lipinski definition) is 3. The molecular formula is C27H51O6P. The summed E-state index contributed by atoms with van der Waals surface area (Å²) in [6.45, 7) is 5.47. The molecule has 3 N–H and O–H groups in total. The molecule has 3 aliphatic carbocycles. The second kappa shape index (κ2) is 13.1. The summed E-state index contributed by atoms with van der Waals surface area (Å²) in [7, 11) is -1.89. The maximum absolute atomic E-state index is 10.9. The van der Waals surface area contributed by atoms with Crippen LogP contribution in [0.15, 0.2) is 0 Å². The summed E-state index contributed by atoms with van der Waals surface area (Å²) in [4.78, 5) is 0. The minimum Gasteiger partial charge on any atom is -0.390 e. The fourth-order valence-electron chi connectivity index (χ4n) is 6.24. The molecule has 0 amide bonds. The van der Waals surface area contributed by atoms with Crippen molar-refractivity contribution in [2.45, 2.75) is 171 Å². The Labute approximate surface area is 209 Å². The number of aliphatic hydroxyl groups is 3. The molecule has 7 heteroatoms. The first-order valence-corrected chi connectivity index (χ1v) is 15.2. The van der Waals surface area contributed by atoms with Crippen LogP contribution in [0, 0.1) is 0 Å². The molecule has 0 spiro atoms. The van der Waals surface area contributed by atoms with Crippen LogP contribution < -0.4 is 0 Å². The van der Waals surface area contributed by atoms with E-state index in [1.807, 2.05) is 20.8 Å². The Morgan fingerprint density at radius 2 is 0.647 bits per heavy atom. The average Bonchev–Trinajstić information content (AvgIpc) is 3.27. The van der Waals surface area contributed by atoms with Crippen LogP contribution in [0.2, 0.25) is 0 Å². The molecule has 3 fully saturated rings. The first kappa shape index (κ1) is 28.8. The van der Waals surface area contributed by atoms with E-state index in [4.69, 9.17) is 13.6 Å². The Morgan fingerprint density at radius 3 is 0.824 bits per heavy atom. The molecule has 200 valence electrons. The van der Waals surface area contributed by atoms with Crippen LogP contribution in [0.3, 0.4) is 0 Å². The maximum Gasteiger partial charge on any atom is 0.334 e. The molecule has 34 heavy (non-hydrogen) atoms. The predicted molar refractivity (Wildman–Crippen MR) is 137 cm³/mol. The van der Waals surface area contributed by atoms with E-state index >= 15 is 0 Å². The molecule has 0 aromatic carbocycles. The second-order valence-electron chi connectivity index (χ2n) is 11.5. The number of hydrogen-bond acceptors (Lipinski definition) is 6. The normalized spacial score (nSPS) is 29.1. The van der Waals surface area contributed by atoms with Crippen molar-refractivity contribution in [3.05, 3.63) is 0 Å². The zero-order chi connectivity index (χ0) is 24.7. The van der Waals surface area contributed by atoms with Gasteiger partial charge >= 0.3 is 8.60 Å². The van der Waals surface area contributed by atoms with Crippen LogP contribution in [-0.2, 0) is 13.6 Å². The molecule has 3 aliphatic rings. The quantitative estimate of drug-likeness (QED) is 0.241. The van der Waals surface area contributed by atoms with Gasteiger partial charge in [0.25, 0.3) is 0 Å². The first-order valence-electron chi connectivity index (χ1n) is 14.2. The van der Waals surface area contributed by atoms with Gasteiger partial charge in [0.2, 0.25) is 0 Å². The minimum atomic E-state index is -1.89. The lowest BCUT2D eigenvalue weighted by Crippen LogP contribution is -2.48. The van der Waals surface area contributed by atoms with Gasteiger partial charge in [-0.2, -0.15) is 0 Å². The van der Waals surface area contributed by atoms with Crippen molar-refractivity contribution in [3.8, 4) is 0 Å². The van der Waals surface area contributed by atoms with Crippen LogP contribution in [0.1, 0.15) is 136 Å². The standard InChI is InChI=1S/C27H51O6P/c1-22(28)25(16-10-4-5-11-17-25)31-34(32-26(23(2)29)18-12-6-7-13-19-26)33-27(24(3)30)20-14-8-9-15-21-27/h22-24,28-30H,4-21H2,1-3H3. The Hall–Kier alpha value is 0.190. The Morgan fingerprint density at radius 1 is 0.441 bits per heavy atom. The van der Waals surface area contributed by atoms with Crippen LogP contribution in [-0.4, -0.2) is 50.4 Å². The number of rotatable bonds is 9. The highest BCUT2D eigenvalue weighted by Crippen LogP contribution is 2.58. The highest BCUT2D eigenvalue weighted by Gasteiger charge is 2.49. The summed E-state index contributed by atoms with van der Waals surface area (Å²) in [5.41, 5.74) is -2.13. The first-order chi connectivity index (χ1) is 16.2. The third-order valence-corrected chi connectivity index (χ3v) is 10.4. The van der Waals surface area contributed by atoms with Gasteiger partial charge in [-0.25, -0.2) is 0 Å². The van der Waals surface area contributed by atoms with Crippen LogP contribution >= 0.6 is 8.60 Å². The highest BCUT2D eigenvalue weighted by molar-refractivity contribution is 7.41. The fraction of sp³-hybridized carbons (Fsp3) is 1.00. The Balaban J connectivity index is 1.94. The number of aliphatic hydroxyl groups excluding tert-OH is 3. The van der Waals surface area contributed by atoms with Gasteiger partial charge in [-0.1, -0.05) is 77.0 Å². The van der Waals surface area contributed by atoms with Crippen molar-refractivity contribution < 1.29 is 28.9 Å². The highest BCUT2D eigenvalue weighted by atomic mass is 31.2. The van der Waals surface area contributed by atoms with E-state index in [1.54, 1.807) is 0 Å². The van der Waals surface area contributed by atoms with Crippen molar-refractivity contribution >= 4 is 8.60 Å². The Bertz CT molecular complexity index is 491.